The number of rotatable bonds is 9. The van der Waals surface area contributed by atoms with Crippen molar-refractivity contribution >= 4 is 29.3 Å². The zero-order valence-corrected chi connectivity index (χ0v) is 19.6. The lowest BCUT2D eigenvalue weighted by Gasteiger charge is -2.16. The van der Waals surface area contributed by atoms with E-state index < -0.39 is 18.0 Å². The fourth-order valence-electron chi connectivity index (χ4n) is 2.99. The van der Waals surface area contributed by atoms with Crippen LogP contribution in [0.3, 0.4) is 0 Å². The Balaban J connectivity index is 1.62. The molecule has 0 aliphatic carbocycles. The number of ether oxygens (including phenoxy) is 3. The molecule has 2 aromatic carbocycles. The van der Waals surface area contributed by atoms with E-state index in [4.69, 9.17) is 25.8 Å². The van der Waals surface area contributed by atoms with E-state index in [0.29, 0.717) is 28.9 Å². The molecule has 1 heterocycles. The van der Waals surface area contributed by atoms with Gasteiger partial charge in [-0.05, 0) is 56.7 Å². The first-order valence-corrected chi connectivity index (χ1v) is 10.8. The molecule has 3 rings (SSSR count). The Morgan fingerprint density at radius 1 is 1.06 bits per heavy atom. The van der Waals surface area contributed by atoms with Crippen LogP contribution in [0.1, 0.15) is 42.7 Å². The van der Waals surface area contributed by atoms with E-state index in [1.54, 1.807) is 41.2 Å². The summed E-state index contributed by atoms with van der Waals surface area (Å²) >= 11 is 5.90. The van der Waals surface area contributed by atoms with Crippen molar-refractivity contribution in [2.24, 2.45) is 0 Å². The smallest absolute Gasteiger partial charge is 0.339 e. The highest BCUT2D eigenvalue weighted by molar-refractivity contribution is 6.30. The highest BCUT2D eigenvalue weighted by atomic mass is 35.5. The van der Waals surface area contributed by atoms with Crippen LogP contribution in [0.25, 0.3) is 0 Å². The average molecular weight is 472 g/mol. The molecular formula is C24H26ClN3O5. The van der Waals surface area contributed by atoms with Crippen LogP contribution in [-0.2, 0) is 16.1 Å². The van der Waals surface area contributed by atoms with Crippen LogP contribution >= 0.6 is 11.6 Å². The van der Waals surface area contributed by atoms with E-state index in [0.717, 1.165) is 5.56 Å². The van der Waals surface area contributed by atoms with Crippen molar-refractivity contribution in [1.82, 2.24) is 9.78 Å². The van der Waals surface area contributed by atoms with Gasteiger partial charge in [0.1, 0.15) is 12.4 Å². The van der Waals surface area contributed by atoms with Crippen LogP contribution in [-0.4, -0.2) is 34.9 Å². The maximum Gasteiger partial charge on any atom is 0.339 e. The van der Waals surface area contributed by atoms with Gasteiger partial charge in [-0.15, -0.1) is 0 Å². The molecule has 1 atom stereocenters. The molecule has 9 heteroatoms. The highest BCUT2D eigenvalue weighted by Crippen LogP contribution is 2.29. The van der Waals surface area contributed by atoms with Crippen molar-refractivity contribution < 1.29 is 23.8 Å². The zero-order chi connectivity index (χ0) is 24.0. The molecule has 0 fully saturated rings. The molecule has 1 N–H and O–H groups in total. The molecule has 0 saturated heterocycles. The number of esters is 1. The summed E-state index contributed by atoms with van der Waals surface area (Å²) in [6.07, 6.45) is 0.578. The predicted octanol–water partition coefficient (Wildman–Crippen LogP) is 4.89. The van der Waals surface area contributed by atoms with Gasteiger partial charge in [-0.1, -0.05) is 23.7 Å². The molecule has 1 aromatic heterocycles. The van der Waals surface area contributed by atoms with Gasteiger partial charge in [0.05, 0.1) is 18.9 Å². The van der Waals surface area contributed by atoms with Crippen LogP contribution in [0.2, 0.25) is 5.02 Å². The second-order valence-corrected chi connectivity index (χ2v) is 8.01. The van der Waals surface area contributed by atoms with Crippen LogP contribution < -0.4 is 14.8 Å². The summed E-state index contributed by atoms with van der Waals surface area (Å²) in [5.41, 5.74) is 1.17. The number of nitrogens with one attached hydrogen (secondary N) is 1. The van der Waals surface area contributed by atoms with Gasteiger partial charge in [0.15, 0.2) is 17.6 Å². The minimum Gasteiger partial charge on any atom is -0.493 e. The van der Waals surface area contributed by atoms with Crippen molar-refractivity contribution in [3.63, 3.8) is 0 Å². The Bertz CT molecular complexity index is 1110. The SMILES string of the molecule is COc1cc(C(=O)OC(C)C(=O)Nc2ccnn2C(C)C)ccc1OCc1ccc(Cl)cc1. The van der Waals surface area contributed by atoms with Gasteiger partial charge in [-0.3, -0.25) is 4.79 Å². The largest absolute Gasteiger partial charge is 0.493 e. The molecule has 8 nitrogen and oxygen atoms in total. The number of carbonyl (C=O) groups is 2. The number of hydrogen-bond acceptors (Lipinski definition) is 6. The van der Waals surface area contributed by atoms with E-state index >= 15 is 0 Å². The predicted molar refractivity (Wildman–Crippen MR) is 125 cm³/mol. The third kappa shape index (κ3) is 6.26. The summed E-state index contributed by atoms with van der Waals surface area (Å²) in [4.78, 5) is 25.1. The number of carbonyl (C=O) groups excluding carboxylic acids is 2. The van der Waals surface area contributed by atoms with Crippen molar-refractivity contribution in [1.29, 1.82) is 0 Å². The van der Waals surface area contributed by atoms with Gasteiger partial charge in [0, 0.05) is 17.1 Å². The summed E-state index contributed by atoms with van der Waals surface area (Å²) in [6, 6.07) is 13.7. The number of aromatic nitrogens is 2. The Hall–Kier alpha value is -3.52. The van der Waals surface area contributed by atoms with Crippen LogP contribution in [0.15, 0.2) is 54.7 Å². The molecule has 3 aromatic rings. The Morgan fingerprint density at radius 2 is 1.79 bits per heavy atom. The number of hydrogen-bond donors (Lipinski definition) is 1. The third-order valence-corrected chi connectivity index (χ3v) is 5.02. The number of nitrogens with zero attached hydrogens (tertiary/aromatic N) is 2. The van der Waals surface area contributed by atoms with Crippen LogP contribution in [0.4, 0.5) is 5.82 Å². The number of anilines is 1. The Morgan fingerprint density at radius 3 is 2.45 bits per heavy atom. The first-order valence-electron chi connectivity index (χ1n) is 10.4. The van der Waals surface area contributed by atoms with Crippen molar-refractivity contribution in [3.05, 3.63) is 70.9 Å². The van der Waals surface area contributed by atoms with E-state index in [1.807, 2.05) is 26.0 Å². The molecule has 0 aliphatic rings. The summed E-state index contributed by atoms with van der Waals surface area (Å²) in [6.45, 7) is 5.70. The normalized spacial score (nSPS) is 11.7. The molecule has 174 valence electrons. The topological polar surface area (TPSA) is 91.7 Å². The van der Waals surface area contributed by atoms with Crippen molar-refractivity contribution in [2.75, 3.05) is 12.4 Å². The molecule has 0 bridgehead atoms. The highest BCUT2D eigenvalue weighted by Gasteiger charge is 2.21. The molecular weight excluding hydrogens is 446 g/mol. The fourth-order valence-corrected chi connectivity index (χ4v) is 3.12. The molecule has 1 unspecified atom stereocenters. The molecule has 0 radical (unpaired) electrons. The average Bonchev–Trinajstić information content (AvgIpc) is 3.27. The van der Waals surface area contributed by atoms with Gasteiger partial charge in [-0.2, -0.15) is 5.10 Å². The second kappa shape index (κ2) is 10.9. The van der Waals surface area contributed by atoms with Crippen LogP contribution in [0.5, 0.6) is 11.5 Å². The van der Waals surface area contributed by atoms with E-state index in [-0.39, 0.29) is 11.6 Å². The lowest BCUT2D eigenvalue weighted by Crippen LogP contribution is -2.31. The maximum atomic E-state index is 12.6. The Kier molecular flexibility index (Phi) is 7.95. The first kappa shape index (κ1) is 24.1. The minimum atomic E-state index is -1.01. The molecule has 0 saturated carbocycles. The molecule has 0 aliphatic heterocycles. The molecule has 1 amide bonds. The van der Waals surface area contributed by atoms with Gasteiger partial charge in [0.2, 0.25) is 0 Å². The van der Waals surface area contributed by atoms with Crippen molar-refractivity contribution in [3.8, 4) is 11.5 Å². The standard InChI is InChI=1S/C24H26ClN3O5/c1-15(2)28-22(11-12-26-28)27-23(29)16(3)33-24(30)18-7-10-20(21(13-18)31-4)32-14-17-5-8-19(25)9-6-17/h5-13,15-16H,14H2,1-4H3,(H,27,29). The lowest BCUT2D eigenvalue weighted by molar-refractivity contribution is -0.123. The fraction of sp³-hybridized carbons (Fsp3) is 0.292. The Labute approximate surface area is 197 Å². The van der Waals surface area contributed by atoms with E-state index in [1.165, 1.54) is 20.1 Å². The monoisotopic (exact) mass is 471 g/mol. The van der Waals surface area contributed by atoms with Gasteiger partial charge in [-0.25, -0.2) is 9.48 Å². The first-order chi connectivity index (χ1) is 15.8. The van der Waals surface area contributed by atoms with Crippen LogP contribution in [0, 0.1) is 0 Å². The van der Waals surface area contributed by atoms with Gasteiger partial charge < -0.3 is 19.5 Å². The quantitative estimate of drug-likeness (QED) is 0.447. The number of benzene rings is 2. The van der Waals surface area contributed by atoms with Gasteiger partial charge >= 0.3 is 5.97 Å². The van der Waals surface area contributed by atoms with Crippen molar-refractivity contribution in [2.45, 2.75) is 39.5 Å². The van der Waals surface area contributed by atoms with E-state index in [2.05, 4.69) is 10.4 Å². The maximum absolute atomic E-state index is 12.6. The summed E-state index contributed by atoms with van der Waals surface area (Å²) < 4.78 is 18.2. The minimum absolute atomic E-state index is 0.0704. The summed E-state index contributed by atoms with van der Waals surface area (Å²) in [5, 5.41) is 7.54. The van der Waals surface area contributed by atoms with E-state index in [9.17, 15) is 9.59 Å². The summed E-state index contributed by atoms with van der Waals surface area (Å²) in [5.74, 6) is 0.257. The number of methoxy groups -OCH3 is 1. The number of halogens is 1. The van der Waals surface area contributed by atoms with Gasteiger partial charge in [0.25, 0.3) is 5.91 Å². The lowest BCUT2D eigenvalue weighted by atomic mass is 10.2. The zero-order valence-electron chi connectivity index (χ0n) is 18.9. The third-order valence-electron chi connectivity index (χ3n) is 4.77. The number of amides is 1. The molecule has 33 heavy (non-hydrogen) atoms. The second-order valence-electron chi connectivity index (χ2n) is 7.57. The molecule has 0 spiro atoms. The summed E-state index contributed by atoms with van der Waals surface area (Å²) in [7, 11) is 1.48.